The molecule has 20 heavy (non-hydrogen) atoms. The lowest BCUT2D eigenvalue weighted by atomic mass is 10.1. The number of hydrogen-bond donors (Lipinski definition) is 1. The number of aliphatic hydroxyl groups excluding tert-OH is 1. The van der Waals surface area contributed by atoms with Gasteiger partial charge in [0.25, 0.3) is 0 Å². The quantitative estimate of drug-likeness (QED) is 0.859. The lowest BCUT2D eigenvalue weighted by Gasteiger charge is -2.13. The Bertz CT molecular complexity index is 570. The number of tetrazole rings is 1. The van der Waals surface area contributed by atoms with Crippen molar-refractivity contribution in [3.8, 4) is 0 Å². The molecule has 0 saturated heterocycles. The van der Waals surface area contributed by atoms with Gasteiger partial charge in [0.05, 0.1) is 17.7 Å². The van der Waals surface area contributed by atoms with Gasteiger partial charge in [0.2, 0.25) is 5.16 Å². The highest BCUT2D eigenvalue weighted by Gasteiger charge is 2.19. The number of benzene rings is 1. The average molecular weight is 300 g/mol. The van der Waals surface area contributed by atoms with Crippen molar-refractivity contribution in [2.24, 2.45) is 0 Å². The highest BCUT2D eigenvalue weighted by molar-refractivity contribution is 7.99. The molecule has 1 N–H and O–H groups in total. The molecule has 108 valence electrons. The Kier molecular flexibility index (Phi) is 4.66. The Balaban J connectivity index is 2.09. The Labute approximate surface area is 119 Å². The van der Waals surface area contributed by atoms with Gasteiger partial charge in [-0.25, -0.2) is 13.5 Å². The molecule has 1 aromatic carbocycles. The third-order valence-corrected chi connectivity index (χ3v) is 3.66. The molecule has 1 aromatic heterocycles. The Morgan fingerprint density at radius 1 is 1.30 bits per heavy atom. The van der Waals surface area contributed by atoms with E-state index in [0.717, 1.165) is 23.9 Å². The van der Waals surface area contributed by atoms with Crippen LogP contribution in [0.25, 0.3) is 0 Å². The second-order valence-electron chi connectivity index (χ2n) is 4.46. The van der Waals surface area contributed by atoms with Crippen molar-refractivity contribution in [2.75, 3.05) is 5.75 Å². The SMILES string of the molecule is CC(C)n1nnnc1SCC(O)c1c(F)cccc1F. The fraction of sp³-hybridized carbons (Fsp3) is 0.417. The van der Waals surface area contributed by atoms with Crippen molar-refractivity contribution in [3.05, 3.63) is 35.4 Å². The van der Waals surface area contributed by atoms with E-state index in [4.69, 9.17) is 0 Å². The molecule has 2 aromatic rings. The smallest absolute Gasteiger partial charge is 0.209 e. The molecule has 0 aliphatic carbocycles. The Morgan fingerprint density at radius 3 is 2.55 bits per heavy atom. The summed E-state index contributed by atoms with van der Waals surface area (Å²) in [6.45, 7) is 3.82. The Morgan fingerprint density at radius 2 is 1.95 bits per heavy atom. The standard InChI is InChI=1S/C12H14F2N4OS/c1-7(2)18-12(15-16-17-18)20-6-10(19)11-8(13)4-3-5-9(11)14/h3-5,7,10,19H,6H2,1-2H3. The zero-order valence-electron chi connectivity index (χ0n) is 11.0. The minimum Gasteiger partial charge on any atom is -0.387 e. The minimum absolute atomic E-state index is 0.0605. The van der Waals surface area contributed by atoms with Crippen molar-refractivity contribution in [2.45, 2.75) is 31.1 Å². The van der Waals surface area contributed by atoms with Crippen LogP contribution in [0.4, 0.5) is 8.78 Å². The van der Waals surface area contributed by atoms with Crippen LogP contribution in [-0.4, -0.2) is 31.1 Å². The molecule has 0 bridgehead atoms. The first-order valence-electron chi connectivity index (χ1n) is 6.03. The van der Waals surface area contributed by atoms with Gasteiger partial charge in [-0.15, -0.1) is 5.10 Å². The second kappa shape index (κ2) is 6.27. The summed E-state index contributed by atoms with van der Waals surface area (Å²) in [5.74, 6) is -1.46. The van der Waals surface area contributed by atoms with Crippen LogP contribution in [0.1, 0.15) is 31.6 Å². The summed E-state index contributed by atoms with van der Waals surface area (Å²) in [7, 11) is 0. The molecule has 1 atom stereocenters. The number of rotatable bonds is 5. The number of thioether (sulfide) groups is 1. The molecule has 0 spiro atoms. The first kappa shape index (κ1) is 14.9. The summed E-state index contributed by atoms with van der Waals surface area (Å²) in [6.07, 6.45) is -1.27. The minimum atomic E-state index is -1.27. The molecule has 0 fully saturated rings. The van der Waals surface area contributed by atoms with E-state index >= 15 is 0 Å². The third-order valence-electron chi connectivity index (χ3n) is 2.65. The lowest BCUT2D eigenvalue weighted by molar-refractivity contribution is 0.193. The van der Waals surface area contributed by atoms with Gasteiger partial charge in [0.15, 0.2) is 0 Å². The van der Waals surface area contributed by atoms with Crippen LogP contribution in [0.3, 0.4) is 0 Å². The maximum Gasteiger partial charge on any atom is 0.209 e. The van der Waals surface area contributed by atoms with Crippen LogP contribution in [-0.2, 0) is 0 Å². The molecule has 8 heteroatoms. The largest absolute Gasteiger partial charge is 0.387 e. The van der Waals surface area contributed by atoms with Crippen LogP contribution in [0.15, 0.2) is 23.4 Å². The molecule has 0 radical (unpaired) electrons. The summed E-state index contributed by atoms with van der Waals surface area (Å²) in [5, 5.41) is 21.6. The zero-order valence-corrected chi connectivity index (χ0v) is 11.8. The fourth-order valence-corrected chi connectivity index (χ4v) is 2.62. The average Bonchev–Trinajstić information content (AvgIpc) is 2.84. The van der Waals surface area contributed by atoms with Crippen molar-refractivity contribution in [1.82, 2.24) is 20.2 Å². The molecule has 0 aliphatic heterocycles. The first-order valence-corrected chi connectivity index (χ1v) is 7.02. The molecular weight excluding hydrogens is 286 g/mol. The van der Waals surface area contributed by atoms with Crippen molar-refractivity contribution < 1.29 is 13.9 Å². The topological polar surface area (TPSA) is 63.8 Å². The van der Waals surface area contributed by atoms with Gasteiger partial charge in [-0.1, -0.05) is 17.8 Å². The molecule has 2 rings (SSSR count). The van der Waals surface area contributed by atoms with E-state index in [0.29, 0.717) is 5.16 Å². The monoisotopic (exact) mass is 300 g/mol. The van der Waals surface area contributed by atoms with Gasteiger partial charge in [0, 0.05) is 5.75 Å². The van der Waals surface area contributed by atoms with Gasteiger partial charge >= 0.3 is 0 Å². The van der Waals surface area contributed by atoms with Crippen molar-refractivity contribution >= 4 is 11.8 Å². The Hall–Kier alpha value is -1.54. The van der Waals surface area contributed by atoms with E-state index in [1.165, 1.54) is 6.07 Å². The molecule has 0 saturated carbocycles. The van der Waals surface area contributed by atoms with Gasteiger partial charge < -0.3 is 5.11 Å². The highest BCUT2D eigenvalue weighted by Crippen LogP contribution is 2.27. The zero-order chi connectivity index (χ0) is 14.7. The summed E-state index contributed by atoms with van der Waals surface area (Å²) in [5.41, 5.74) is -0.330. The second-order valence-corrected chi connectivity index (χ2v) is 5.45. The van der Waals surface area contributed by atoms with E-state index in [1.807, 2.05) is 13.8 Å². The summed E-state index contributed by atoms with van der Waals surface area (Å²) >= 11 is 1.15. The number of aliphatic hydroxyl groups is 1. The number of halogens is 2. The van der Waals surface area contributed by atoms with E-state index in [9.17, 15) is 13.9 Å². The first-order chi connectivity index (χ1) is 9.50. The normalized spacial score (nSPS) is 12.9. The molecule has 1 heterocycles. The molecule has 1 unspecified atom stereocenters. The van der Waals surface area contributed by atoms with Gasteiger partial charge in [-0.2, -0.15) is 0 Å². The van der Waals surface area contributed by atoms with Crippen molar-refractivity contribution in [3.63, 3.8) is 0 Å². The van der Waals surface area contributed by atoms with Crippen LogP contribution >= 0.6 is 11.8 Å². The lowest BCUT2D eigenvalue weighted by Crippen LogP contribution is -2.09. The van der Waals surface area contributed by atoms with E-state index < -0.39 is 17.7 Å². The number of hydrogen-bond acceptors (Lipinski definition) is 5. The maximum atomic E-state index is 13.5. The highest BCUT2D eigenvalue weighted by atomic mass is 32.2. The number of aromatic nitrogens is 4. The third kappa shape index (κ3) is 3.13. The number of nitrogens with zero attached hydrogens (tertiary/aromatic N) is 4. The molecule has 0 amide bonds. The van der Waals surface area contributed by atoms with Crippen LogP contribution in [0, 0.1) is 11.6 Å². The van der Waals surface area contributed by atoms with Gasteiger partial charge in [0.1, 0.15) is 11.6 Å². The van der Waals surface area contributed by atoms with E-state index in [2.05, 4.69) is 15.5 Å². The maximum absolute atomic E-state index is 13.5. The fourth-order valence-electron chi connectivity index (χ4n) is 1.67. The van der Waals surface area contributed by atoms with Crippen molar-refractivity contribution in [1.29, 1.82) is 0 Å². The van der Waals surface area contributed by atoms with Crippen LogP contribution in [0.5, 0.6) is 0 Å². The van der Waals surface area contributed by atoms with Gasteiger partial charge in [-0.05, 0) is 36.4 Å². The van der Waals surface area contributed by atoms with Crippen LogP contribution in [0.2, 0.25) is 0 Å². The summed E-state index contributed by atoms with van der Waals surface area (Å²) < 4.78 is 28.6. The van der Waals surface area contributed by atoms with Gasteiger partial charge in [-0.3, -0.25) is 0 Å². The molecule has 5 nitrogen and oxygen atoms in total. The molecule has 0 aliphatic rings. The predicted molar refractivity (Wildman–Crippen MR) is 70.2 cm³/mol. The summed E-state index contributed by atoms with van der Waals surface area (Å²) in [6, 6.07) is 3.55. The van der Waals surface area contributed by atoms with E-state index in [1.54, 1.807) is 4.68 Å². The summed E-state index contributed by atoms with van der Waals surface area (Å²) in [4.78, 5) is 0. The molecular formula is C12H14F2N4OS. The van der Waals surface area contributed by atoms with E-state index in [-0.39, 0.29) is 17.4 Å². The predicted octanol–water partition coefficient (Wildman–Crippen LogP) is 2.36. The van der Waals surface area contributed by atoms with Crippen LogP contribution < -0.4 is 0 Å².